The molecule has 0 aromatic heterocycles. The van der Waals surface area contributed by atoms with Gasteiger partial charge < -0.3 is 9.79 Å². The first-order chi connectivity index (χ1) is 4.34. The first-order valence-corrected chi connectivity index (χ1v) is 4.20. The molecule has 0 saturated carbocycles. The van der Waals surface area contributed by atoms with Gasteiger partial charge in [0.25, 0.3) is 5.52 Å². The van der Waals surface area contributed by atoms with E-state index in [1.165, 1.54) is 0 Å². The average molecular weight is 164 g/mol. The monoisotopic (exact) mass is 164 g/mol. The van der Waals surface area contributed by atoms with Gasteiger partial charge in [-0.25, -0.2) is 0 Å². The Morgan fingerprint density at radius 3 is 1.90 bits per heavy atom. The van der Waals surface area contributed by atoms with Crippen molar-refractivity contribution in [1.29, 1.82) is 0 Å². The van der Waals surface area contributed by atoms with Crippen LogP contribution in [0.3, 0.4) is 0 Å². The minimum Gasteiger partial charge on any atom is -0.319 e. The molecule has 0 atom stereocenters. The summed E-state index contributed by atoms with van der Waals surface area (Å²) in [6.07, 6.45) is 0.931. The lowest BCUT2D eigenvalue weighted by molar-refractivity contribution is -0.109. The Balaban J connectivity index is 4.43. The van der Waals surface area contributed by atoms with E-state index in [4.69, 9.17) is 9.79 Å². The zero-order chi connectivity index (χ0) is 8.36. The van der Waals surface area contributed by atoms with Crippen LogP contribution < -0.4 is 0 Å². The van der Waals surface area contributed by atoms with E-state index in [1.54, 1.807) is 13.8 Å². The lowest BCUT2D eigenvalue weighted by Crippen LogP contribution is -1.93. The normalized spacial score (nSPS) is 10.8. The highest BCUT2D eigenvalue weighted by Gasteiger charge is 2.22. The molecule has 0 bridgehead atoms. The quantitative estimate of drug-likeness (QED) is 0.464. The number of rotatable bonds is 2. The van der Waals surface area contributed by atoms with Gasteiger partial charge in [0.1, 0.15) is 0 Å². The standard InChI is InChI=1S/C5H9O4P/c1-4(2)3-5(6)10(7,8)9/h3H,1-2H3,(H2,7,8,9). The molecule has 0 unspecified atom stereocenters. The van der Waals surface area contributed by atoms with Crippen molar-refractivity contribution < 1.29 is 19.1 Å². The van der Waals surface area contributed by atoms with E-state index in [0.29, 0.717) is 5.57 Å². The van der Waals surface area contributed by atoms with Crippen LogP contribution in [0.1, 0.15) is 13.8 Å². The first-order valence-electron chi connectivity index (χ1n) is 2.59. The van der Waals surface area contributed by atoms with Gasteiger partial charge in [-0.05, 0) is 19.9 Å². The number of hydrogen-bond acceptors (Lipinski definition) is 2. The molecule has 0 aromatic rings. The van der Waals surface area contributed by atoms with E-state index in [1.807, 2.05) is 0 Å². The van der Waals surface area contributed by atoms with Crippen molar-refractivity contribution in [2.45, 2.75) is 13.8 Å². The van der Waals surface area contributed by atoms with Gasteiger partial charge >= 0.3 is 7.60 Å². The summed E-state index contributed by atoms with van der Waals surface area (Å²) in [5.41, 5.74) is -0.555. The van der Waals surface area contributed by atoms with Gasteiger partial charge in [-0.2, -0.15) is 0 Å². The molecule has 4 nitrogen and oxygen atoms in total. The van der Waals surface area contributed by atoms with Crippen molar-refractivity contribution in [3.8, 4) is 0 Å². The zero-order valence-electron chi connectivity index (χ0n) is 5.74. The number of hydrogen-bond donors (Lipinski definition) is 2. The maximum atomic E-state index is 10.4. The van der Waals surface area contributed by atoms with Crippen LogP contribution in [0.4, 0.5) is 0 Å². The maximum absolute atomic E-state index is 10.4. The fourth-order valence-corrected chi connectivity index (χ4v) is 0.757. The summed E-state index contributed by atoms with van der Waals surface area (Å²) in [4.78, 5) is 26.9. The Kier molecular flexibility index (Phi) is 2.96. The van der Waals surface area contributed by atoms with Gasteiger partial charge in [-0.1, -0.05) is 5.57 Å². The second-order valence-electron chi connectivity index (χ2n) is 2.10. The van der Waals surface area contributed by atoms with Crippen LogP contribution in [-0.4, -0.2) is 15.3 Å². The second kappa shape index (κ2) is 3.10. The van der Waals surface area contributed by atoms with Crippen molar-refractivity contribution in [3.05, 3.63) is 11.6 Å². The summed E-state index contributed by atoms with van der Waals surface area (Å²) >= 11 is 0. The van der Waals surface area contributed by atoms with Gasteiger partial charge in [-0.3, -0.25) is 9.36 Å². The van der Waals surface area contributed by atoms with Gasteiger partial charge in [0, 0.05) is 0 Å². The maximum Gasteiger partial charge on any atom is 0.395 e. The summed E-state index contributed by atoms with van der Waals surface area (Å²) in [5, 5.41) is 0. The highest BCUT2D eigenvalue weighted by Crippen LogP contribution is 2.36. The number of carbonyl (C=O) groups is 1. The number of allylic oxidation sites excluding steroid dienone is 2. The molecule has 58 valence electrons. The molecule has 0 aliphatic carbocycles. The van der Waals surface area contributed by atoms with Crippen LogP contribution in [-0.2, 0) is 9.36 Å². The molecule has 0 radical (unpaired) electrons. The average Bonchev–Trinajstić information content (AvgIpc) is 1.60. The molecule has 0 aromatic carbocycles. The van der Waals surface area contributed by atoms with E-state index in [0.717, 1.165) is 6.08 Å². The van der Waals surface area contributed by atoms with Crippen LogP contribution in [0, 0.1) is 0 Å². The van der Waals surface area contributed by atoms with Crippen molar-refractivity contribution in [3.63, 3.8) is 0 Å². The molecule has 2 N–H and O–H groups in total. The van der Waals surface area contributed by atoms with Crippen molar-refractivity contribution >= 4 is 13.1 Å². The molecule has 10 heavy (non-hydrogen) atoms. The lowest BCUT2D eigenvalue weighted by atomic mass is 10.3. The second-order valence-corrected chi connectivity index (χ2v) is 3.63. The molecule has 0 fully saturated rings. The summed E-state index contributed by atoms with van der Waals surface area (Å²) in [6, 6.07) is 0. The highest BCUT2D eigenvalue weighted by molar-refractivity contribution is 7.70. The third kappa shape index (κ3) is 3.56. The van der Waals surface area contributed by atoms with Crippen LogP contribution >= 0.6 is 7.60 Å². The van der Waals surface area contributed by atoms with Gasteiger partial charge in [0.2, 0.25) is 0 Å². The fraction of sp³-hybridized carbons (Fsp3) is 0.400. The molecule has 0 spiro atoms. The van der Waals surface area contributed by atoms with E-state index in [-0.39, 0.29) is 0 Å². The smallest absolute Gasteiger partial charge is 0.319 e. The van der Waals surface area contributed by atoms with E-state index >= 15 is 0 Å². The number of carbonyl (C=O) groups excluding carboxylic acids is 1. The minimum absolute atomic E-state index is 0.577. The Hall–Kier alpha value is -0.440. The predicted octanol–water partition coefficient (Wildman–Crippen LogP) is 0.657. The van der Waals surface area contributed by atoms with Crippen LogP contribution in [0.5, 0.6) is 0 Å². The first kappa shape index (κ1) is 9.56. The molecular weight excluding hydrogens is 155 g/mol. The summed E-state index contributed by atoms with van der Waals surface area (Å²) in [6.45, 7) is 3.18. The fourth-order valence-electron chi connectivity index (χ4n) is 0.331. The molecular formula is C5H9O4P. The molecule has 5 heteroatoms. The van der Waals surface area contributed by atoms with Gasteiger partial charge in [0.05, 0.1) is 0 Å². The third-order valence-corrected chi connectivity index (χ3v) is 1.40. The Morgan fingerprint density at radius 1 is 1.40 bits per heavy atom. The largest absolute Gasteiger partial charge is 0.395 e. The molecule has 0 rings (SSSR count). The minimum atomic E-state index is -4.53. The Bertz CT molecular complexity index is 208. The van der Waals surface area contributed by atoms with Crippen LogP contribution in [0.2, 0.25) is 0 Å². The highest BCUT2D eigenvalue weighted by atomic mass is 31.2. The van der Waals surface area contributed by atoms with Crippen LogP contribution in [0.25, 0.3) is 0 Å². The summed E-state index contributed by atoms with van der Waals surface area (Å²) in [5.74, 6) is 0. The summed E-state index contributed by atoms with van der Waals surface area (Å²) in [7, 11) is -4.53. The van der Waals surface area contributed by atoms with Gasteiger partial charge in [0.15, 0.2) is 0 Å². The topological polar surface area (TPSA) is 74.6 Å². The van der Waals surface area contributed by atoms with Gasteiger partial charge in [-0.15, -0.1) is 0 Å². The van der Waals surface area contributed by atoms with Crippen molar-refractivity contribution in [1.82, 2.24) is 0 Å². The Labute approximate surface area is 58.7 Å². The van der Waals surface area contributed by atoms with E-state index in [9.17, 15) is 9.36 Å². The van der Waals surface area contributed by atoms with E-state index in [2.05, 4.69) is 0 Å². The Morgan fingerprint density at radius 2 is 1.80 bits per heavy atom. The summed E-state index contributed by atoms with van der Waals surface area (Å²) < 4.78 is 10.2. The molecule has 0 amide bonds. The van der Waals surface area contributed by atoms with E-state index < -0.39 is 13.1 Å². The molecule has 0 aliphatic rings. The zero-order valence-corrected chi connectivity index (χ0v) is 6.63. The SMILES string of the molecule is CC(C)=CC(=O)P(=O)(O)O. The molecule has 0 heterocycles. The lowest BCUT2D eigenvalue weighted by Gasteiger charge is -1.96. The third-order valence-electron chi connectivity index (χ3n) is 0.699. The van der Waals surface area contributed by atoms with Crippen molar-refractivity contribution in [2.75, 3.05) is 0 Å². The molecule has 0 saturated heterocycles. The molecule has 0 aliphatic heterocycles. The van der Waals surface area contributed by atoms with Crippen LogP contribution in [0.15, 0.2) is 11.6 Å². The predicted molar refractivity (Wildman–Crippen MR) is 36.5 cm³/mol. The van der Waals surface area contributed by atoms with Crippen molar-refractivity contribution in [2.24, 2.45) is 0 Å².